The van der Waals surface area contributed by atoms with Crippen molar-refractivity contribution in [3.63, 3.8) is 0 Å². The Kier molecular flexibility index (Phi) is 4.86. The molecule has 0 radical (unpaired) electrons. The smallest absolute Gasteiger partial charge is 0.255 e. The Morgan fingerprint density at radius 2 is 1.72 bits per heavy atom. The SMILES string of the molecule is CNS(=O)(=O)c1cc(C(=O)Nc2ccc3c(c2)Cc2ccccc2-3)ccc1OC. The van der Waals surface area contributed by atoms with Gasteiger partial charge >= 0.3 is 0 Å². The quantitative estimate of drug-likeness (QED) is 0.530. The third-order valence-electron chi connectivity index (χ3n) is 5.04. The van der Waals surface area contributed by atoms with Crippen LogP contribution in [0.1, 0.15) is 21.5 Å². The molecule has 0 saturated heterocycles. The number of carbonyl (C=O) groups is 1. The van der Waals surface area contributed by atoms with Gasteiger partial charge < -0.3 is 10.1 Å². The Labute approximate surface area is 169 Å². The molecule has 3 aromatic carbocycles. The van der Waals surface area contributed by atoms with Gasteiger partial charge in [-0.25, -0.2) is 13.1 Å². The highest BCUT2D eigenvalue weighted by atomic mass is 32.2. The monoisotopic (exact) mass is 408 g/mol. The van der Waals surface area contributed by atoms with E-state index in [4.69, 9.17) is 4.74 Å². The van der Waals surface area contributed by atoms with Crippen LogP contribution in [0.25, 0.3) is 11.1 Å². The van der Waals surface area contributed by atoms with Crippen molar-refractivity contribution in [2.24, 2.45) is 0 Å². The van der Waals surface area contributed by atoms with Gasteiger partial charge in [-0.05, 0) is 66.1 Å². The van der Waals surface area contributed by atoms with E-state index >= 15 is 0 Å². The van der Waals surface area contributed by atoms with Gasteiger partial charge in [-0.15, -0.1) is 0 Å². The van der Waals surface area contributed by atoms with Crippen molar-refractivity contribution in [2.45, 2.75) is 11.3 Å². The average Bonchev–Trinajstić information content (AvgIpc) is 3.11. The lowest BCUT2D eigenvalue weighted by atomic mass is 10.1. The summed E-state index contributed by atoms with van der Waals surface area (Å²) >= 11 is 0. The summed E-state index contributed by atoms with van der Waals surface area (Å²) in [6.45, 7) is 0. The first-order valence-electron chi connectivity index (χ1n) is 9.07. The lowest BCUT2D eigenvalue weighted by Crippen LogP contribution is -2.20. The van der Waals surface area contributed by atoms with Crippen LogP contribution in [0.15, 0.2) is 65.6 Å². The Morgan fingerprint density at radius 1 is 0.966 bits per heavy atom. The van der Waals surface area contributed by atoms with E-state index in [0.717, 1.165) is 12.0 Å². The summed E-state index contributed by atoms with van der Waals surface area (Å²) in [6.07, 6.45) is 0.822. The number of methoxy groups -OCH3 is 1. The van der Waals surface area contributed by atoms with E-state index in [0.29, 0.717) is 5.69 Å². The molecule has 0 heterocycles. The highest BCUT2D eigenvalue weighted by molar-refractivity contribution is 7.89. The van der Waals surface area contributed by atoms with Crippen molar-refractivity contribution in [1.82, 2.24) is 4.72 Å². The first kappa shape index (κ1) is 19.2. The predicted octanol–water partition coefficient (Wildman–Crippen LogP) is 3.43. The second-order valence-corrected chi connectivity index (χ2v) is 8.59. The summed E-state index contributed by atoms with van der Waals surface area (Å²) in [6, 6.07) is 18.4. The van der Waals surface area contributed by atoms with Crippen molar-refractivity contribution in [1.29, 1.82) is 0 Å². The predicted molar refractivity (Wildman–Crippen MR) is 112 cm³/mol. The van der Waals surface area contributed by atoms with E-state index < -0.39 is 15.9 Å². The first-order valence-corrected chi connectivity index (χ1v) is 10.6. The van der Waals surface area contributed by atoms with Crippen LogP contribution >= 0.6 is 0 Å². The van der Waals surface area contributed by atoms with Crippen LogP contribution < -0.4 is 14.8 Å². The molecule has 0 spiro atoms. The van der Waals surface area contributed by atoms with Crippen LogP contribution in [0.2, 0.25) is 0 Å². The minimum atomic E-state index is -3.76. The number of benzene rings is 3. The molecule has 3 aromatic rings. The summed E-state index contributed by atoms with van der Waals surface area (Å²) in [5.41, 5.74) is 5.70. The van der Waals surface area contributed by atoms with E-state index in [-0.39, 0.29) is 16.2 Å². The van der Waals surface area contributed by atoms with Gasteiger partial charge in [-0.2, -0.15) is 0 Å². The number of anilines is 1. The zero-order valence-corrected chi connectivity index (χ0v) is 16.8. The molecule has 7 heteroatoms. The number of hydrogen-bond acceptors (Lipinski definition) is 4. The Hall–Kier alpha value is -3.16. The molecule has 1 aliphatic rings. The van der Waals surface area contributed by atoms with E-state index in [1.807, 2.05) is 30.3 Å². The average molecular weight is 408 g/mol. The van der Waals surface area contributed by atoms with Crippen molar-refractivity contribution < 1.29 is 17.9 Å². The van der Waals surface area contributed by atoms with Gasteiger partial charge in [0.2, 0.25) is 10.0 Å². The minimum Gasteiger partial charge on any atom is -0.495 e. The van der Waals surface area contributed by atoms with Crippen molar-refractivity contribution >= 4 is 21.6 Å². The summed E-state index contributed by atoms with van der Waals surface area (Å²) in [5, 5.41) is 2.85. The van der Waals surface area contributed by atoms with Crippen LogP contribution in [-0.4, -0.2) is 28.5 Å². The summed E-state index contributed by atoms with van der Waals surface area (Å²) < 4.78 is 31.8. The second kappa shape index (κ2) is 7.35. The van der Waals surface area contributed by atoms with Crippen LogP contribution in [-0.2, 0) is 16.4 Å². The van der Waals surface area contributed by atoms with Crippen LogP contribution in [0.3, 0.4) is 0 Å². The maximum atomic E-state index is 12.7. The van der Waals surface area contributed by atoms with Gasteiger partial charge in [0.15, 0.2) is 0 Å². The van der Waals surface area contributed by atoms with Gasteiger partial charge in [0.1, 0.15) is 10.6 Å². The molecule has 0 bridgehead atoms. The van der Waals surface area contributed by atoms with Gasteiger partial charge in [0.05, 0.1) is 7.11 Å². The van der Waals surface area contributed by atoms with E-state index in [1.165, 1.54) is 49.0 Å². The topological polar surface area (TPSA) is 84.5 Å². The maximum absolute atomic E-state index is 12.7. The van der Waals surface area contributed by atoms with E-state index in [9.17, 15) is 13.2 Å². The zero-order chi connectivity index (χ0) is 20.6. The van der Waals surface area contributed by atoms with Crippen molar-refractivity contribution in [3.8, 4) is 16.9 Å². The third-order valence-corrected chi connectivity index (χ3v) is 6.47. The van der Waals surface area contributed by atoms with Crippen molar-refractivity contribution in [3.05, 3.63) is 77.4 Å². The number of fused-ring (bicyclic) bond motifs is 3. The molecule has 0 aromatic heterocycles. The maximum Gasteiger partial charge on any atom is 0.255 e. The highest BCUT2D eigenvalue weighted by Gasteiger charge is 2.21. The number of hydrogen-bond donors (Lipinski definition) is 2. The van der Waals surface area contributed by atoms with E-state index in [2.05, 4.69) is 22.2 Å². The molecule has 0 saturated carbocycles. The van der Waals surface area contributed by atoms with E-state index in [1.54, 1.807) is 0 Å². The Morgan fingerprint density at radius 3 is 2.48 bits per heavy atom. The fraction of sp³-hybridized carbons (Fsp3) is 0.136. The number of amides is 1. The van der Waals surface area contributed by atoms with Crippen LogP contribution in [0.4, 0.5) is 5.69 Å². The van der Waals surface area contributed by atoms with Gasteiger partial charge in [0, 0.05) is 11.3 Å². The molecule has 2 N–H and O–H groups in total. The lowest BCUT2D eigenvalue weighted by Gasteiger charge is -2.12. The molecular weight excluding hydrogens is 388 g/mol. The minimum absolute atomic E-state index is 0.0837. The summed E-state index contributed by atoms with van der Waals surface area (Å²) in [5.74, 6) is -0.220. The fourth-order valence-electron chi connectivity index (χ4n) is 3.56. The molecule has 0 aliphatic heterocycles. The molecule has 1 aliphatic carbocycles. The fourth-order valence-corrected chi connectivity index (χ4v) is 4.48. The number of carbonyl (C=O) groups excluding carboxylic acids is 1. The molecule has 1 amide bonds. The number of rotatable bonds is 5. The molecule has 4 rings (SSSR count). The second-order valence-electron chi connectivity index (χ2n) is 6.73. The van der Waals surface area contributed by atoms with Crippen molar-refractivity contribution in [2.75, 3.05) is 19.5 Å². The van der Waals surface area contributed by atoms with Gasteiger partial charge in [-0.3, -0.25) is 4.79 Å². The molecule has 6 nitrogen and oxygen atoms in total. The first-order chi connectivity index (χ1) is 13.9. The molecular formula is C22H20N2O4S. The zero-order valence-electron chi connectivity index (χ0n) is 16.0. The van der Waals surface area contributed by atoms with Gasteiger partial charge in [-0.1, -0.05) is 30.3 Å². The lowest BCUT2D eigenvalue weighted by molar-refractivity contribution is 0.102. The largest absolute Gasteiger partial charge is 0.495 e. The Balaban J connectivity index is 1.61. The number of ether oxygens (including phenoxy) is 1. The van der Waals surface area contributed by atoms with Gasteiger partial charge in [0.25, 0.3) is 5.91 Å². The Bertz CT molecular complexity index is 1220. The van der Waals surface area contributed by atoms with Crippen LogP contribution in [0, 0.1) is 0 Å². The molecule has 148 valence electrons. The third kappa shape index (κ3) is 3.50. The molecule has 0 fully saturated rings. The highest BCUT2D eigenvalue weighted by Crippen LogP contribution is 2.37. The summed E-state index contributed by atoms with van der Waals surface area (Å²) in [7, 11) is -1.07. The number of sulfonamides is 1. The molecule has 29 heavy (non-hydrogen) atoms. The standard InChI is InChI=1S/C22H20N2O4S/c1-23-29(26,27)21-13-15(7-10-20(21)28-2)22(25)24-17-8-9-19-16(12-17)11-14-5-3-4-6-18(14)19/h3-10,12-13,23H,11H2,1-2H3,(H,24,25). The number of nitrogens with one attached hydrogen (secondary N) is 2. The molecule has 0 unspecified atom stereocenters. The van der Waals surface area contributed by atoms with Crippen LogP contribution in [0.5, 0.6) is 5.75 Å². The normalized spacial score (nSPS) is 12.2. The summed E-state index contributed by atoms with van der Waals surface area (Å²) in [4.78, 5) is 12.6. The molecule has 0 atom stereocenters.